The normalized spacial score (nSPS) is 10.6. The Hall–Kier alpha value is -1.89. The summed E-state index contributed by atoms with van der Waals surface area (Å²) < 4.78 is 1.16. The van der Waals surface area contributed by atoms with Crippen molar-refractivity contribution >= 4 is 28.1 Å². The number of carbonyl (C=O) groups is 1. The molecule has 0 aromatic carbocycles. The monoisotopic (exact) mass is 211 g/mol. The lowest BCUT2D eigenvalue weighted by atomic mass is 10.5. The Bertz CT molecular complexity index is 571. The molecule has 0 amide bonds. The second kappa shape index (κ2) is 2.81. The van der Waals surface area contributed by atoms with Crippen molar-refractivity contribution < 1.29 is 9.90 Å². The van der Waals surface area contributed by atoms with Crippen LogP contribution in [0.3, 0.4) is 0 Å². The van der Waals surface area contributed by atoms with Gasteiger partial charge in [0.2, 0.25) is 0 Å². The first kappa shape index (κ1) is 8.70. The summed E-state index contributed by atoms with van der Waals surface area (Å²) in [6.07, 6.45) is 1.23. The summed E-state index contributed by atoms with van der Waals surface area (Å²) >= 11 is 0.906. The van der Waals surface area contributed by atoms with E-state index in [-0.39, 0.29) is 21.2 Å². The van der Waals surface area contributed by atoms with Crippen LogP contribution in [0.4, 0.5) is 5.82 Å². The third-order valence-corrected chi connectivity index (χ3v) is 2.57. The van der Waals surface area contributed by atoms with Gasteiger partial charge in [-0.05, 0) is 0 Å². The smallest absolute Gasteiger partial charge is 0.347 e. The van der Waals surface area contributed by atoms with Gasteiger partial charge in [-0.1, -0.05) is 11.3 Å². The lowest BCUT2D eigenvalue weighted by molar-refractivity contribution is 0.0702. The fourth-order valence-electron chi connectivity index (χ4n) is 1.02. The molecule has 2 rings (SSSR count). The Morgan fingerprint density at radius 3 is 3.00 bits per heavy atom. The van der Waals surface area contributed by atoms with Crippen LogP contribution in [0.2, 0.25) is 0 Å². The molecular weight excluding hydrogens is 206 g/mol. The molecule has 3 N–H and O–H groups in total. The average molecular weight is 211 g/mol. The minimum Gasteiger partial charge on any atom is -0.477 e. The van der Waals surface area contributed by atoms with Crippen LogP contribution in [0.25, 0.3) is 4.96 Å². The molecule has 72 valence electrons. The number of nitrogens with two attached hydrogens (primary N) is 1. The van der Waals surface area contributed by atoms with Gasteiger partial charge in [0.25, 0.3) is 5.56 Å². The standard InChI is InChI=1S/C7H5N3O3S/c8-4-1-5(11)10-2-3(6(12)13)14-7(10)9-4/h1-2H,8H2,(H,12,13). The molecule has 0 spiro atoms. The molecule has 0 saturated carbocycles. The number of rotatable bonds is 1. The number of nitrogens with zero attached hydrogens (tertiary/aromatic N) is 2. The van der Waals surface area contributed by atoms with Crippen LogP contribution in [-0.4, -0.2) is 20.5 Å². The summed E-state index contributed by atoms with van der Waals surface area (Å²) in [5.41, 5.74) is 4.97. The maximum absolute atomic E-state index is 11.3. The summed E-state index contributed by atoms with van der Waals surface area (Å²) in [5, 5.41) is 8.68. The van der Waals surface area contributed by atoms with E-state index in [1.54, 1.807) is 0 Å². The SMILES string of the molecule is Nc1cc(=O)n2cc(C(=O)O)sc2n1. The molecule has 14 heavy (non-hydrogen) atoms. The van der Waals surface area contributed by atoms with Crippen molar-refractivity contribution in [1.82, 2.24) is 9.38 Å². The number of aromatic nitrogens is 2. The van der Waals surface area contributed by atoms with E-state index in [2.05, 4.69) is 4.98 Å². The highest BCUT2D eigenvalue weighted by atomic mass is 32.1. The van der Waals surface area contributed by atoms with Crippen LogP contribution in [0.1, 0.15) is 9.67 Å². The largest absolute Gasteiger partial charge is 0.477 e. The molecule has 0 aliphatic rings. The summed E-state index contributed by atoms with van der Waals surface area (Å²) in [4.78, 5) is 26.1. The van der Waals surface area contributed by atoms with Crippen molar-refractivity contribution in [3.8, 4) is 0 Å². The van der Waals surface area contributed by atoms with E-state index in [1.165, 1.54) is 6.20 Å². The second-order valence-electron chi connectivity index (χ2n) is 2.57. The van der Waals surface area contributed by atoms with Gasteiger partial charge in [-0.2, -0.15) is 0 Å². The van der Waals surface area contributed by atoms with Crippen molar-refractivity contribution in [2.75, 3.05) is 5.73 Å². The van der Waals surface area contributed by atoms with Crippen molar-refractivity contribution in [2.45, 2.75) is 0 Å². The molecule has 0 aliphatic heterocycles. The van der Waals surface area contributed by atoms with Crippen molar-refractivity contribution in [2.24, 2.45) is 0 Å². The van der Waals surface area contributed by atoms with Crippen LogP contribution < -0.4 is 11.3 Å². The van der Waals surface area contributed by atoms with Gasteiger partial charge in [-0.25, -0.2) is 9.78 Å². The van der Waals surface area contributed by atoms with Crippen LogP contribution >= 0.6 is 11.3 Å². The number of nitrogen functional groups attached to an aromatic ring is 1. The first-order chi connectivity index (χ1) is 6.58. The zero-order valence-electron chi connectivity index (χ0n) is 6.80. The summed E-state index contributed by atoms with van der Waals surface area (Å²) in [5.74, 6) is -0.993. The zero-order chi connectivity index (χ0) is 10.3. The molecule has 0 aliphatic carbocycles. The number of thiazole rings is 1. The lowest BCUT2D eigenvalue weighted by Crippen LogP contribution is -2.12. The first-order valence-corrected chi connectivity index (χ1v) is 4.41. The van der Waals surface area contributed by atoms with E-state index >= 15 is 0 Å². The number of hydrogen-bond donors (Lipinski definition) is 2. The molecule has 0 unspecified atom stereocenters. The molecule has 0 radical (unpaired) electrons. The lowest BCUT2D eigenvalue weighted by Gasteiger charge is -1.91. The number of anilines is 1. The topological polar surface area (TPSA) is 97.7 Å². The van der Waals surface area contributed by atoms with Gasteiger partial charge in [0.05, 0.1) is 0 Å². The fourth-order valence-corrected chi connectivity index (χ4v) is 1.85. The Balaban J connectivity index is 2.83. The Labute approximate surface area is 81.2 Å². The van der Waals surface area contributed by atoms with Gasteiger partial charge in [-0.3, -0.25) is 9.20 Å². The summed E-state index contributed by atoms with van der Waals surface area (Å²) in [6, 6.07) is 1.14. The van der Waals surface area contributed by atoms with Crippen LogP contribution in [0.15, 0.2) is 17.1 Å². The Kier molecular flexibility index (Phi) is 1.74. The Morgan fingerprint density at radius 2 is 2.36 bits per heavy atom. The van der Waals surface area contributed by atoms with E-state index in [0.717, 1.165) is 21.8 Å². The van der Waals surface area contributed by atoms with Gasteiger partial charge in [0, 0.05) is 12.3 Å². The van der Waals surface area contributed by atoms with Crippen molar-refractivity contribution in [3.63, 3.8) is 0 Å². The maximum atomic E-state index is 11.3. The molecule has 2 heterocycles. The van der Waals surface area contributed by atoms with Gasteiger partial charge in [0.15, 0.2) is 4.96 Å². The quantitative estimate of drug-likeness (QED) is 0.693. The van der Waals surface area contributed by atoms with Gasteiger partial charge >= 0.3 is 5.97 Å². The zero-order valence-corrected chi connectivity index (χ0v) is 7.61. The van der Waals surface area contributed by atoms with Gasteiger partial charge in [0.1, 0.15) is 10.7 Å². The van der Waals surface area contributed by atoms with Crippen LogP contribution in [0, 0.1) is 0 Å². The molecule has 2 aromatic rings. The van der Waals surface area contributed by atoms with Gasteiger partial charge < -0.3 is 10.8 Å². The summed E-state index contributed by atoms with van der Waals surface area (Å²) in [6.45, 7) is 0. The number of carboxylic acids is 1. The number of fused-ring (bicyclic) bond motifs is 1. The molecule has 0 saturated heterocycles. The first-order valence-electron chi connectivity index (χ1n) is 3.60. The number of carboxylic acid groups (broad SMARTS) is 1. The second-order valence-corrected chi connectivity index (χ2v) is 3.58. The van der Waals surface area contributed by atoms with E-state index in [9.17, 15) is 9.59 Å². The third-order valence-electron chi connectivity index (χ3n) is 1.60. The molecule has 7 heteroatoms. The van der Waals surface area contributed by atoms with Crippen molar-refractivity contribution in [3.05, 3.63) is 27.5 Å². The molecule has 2 aromatic heterocycles. The molecule has 0 fully saturated rings. The predicted molar refractivity (Wildman–Crippen MR) is 50.7 cm³/mol. The molecule has 6 nitrogen and oxygen atoms in total. The predicted octanol–water partition coefficient (Wildman–Crippen LogP) is 0.0364. The Morgan fingerprint density at radius 1 is 1.64 bits per heavy atom. The minimum atomic E-state index is -1.08. The summed E-state index contributed by atoms with van der Waals surface area (Å²) in [7, 11) is 0. The van der Waals surface area contributed by atoms with Crippen LogP contribution in [0.5, 0.6) is 0 Å². The molecular formula is C7H5N3O3S. The van der Waals surface area contributed by atoms with Crippen molar-refractivity contribution in [1.29, 1.82) is 0 Å². The maximum Gasteiger partial charge on any atom is 0.347 e. The fraction of sp³-hybridized carbons (Fsp3) is 0. The molecule has 0 atom stereocenters. The minimum absolute atomic E-state index is 0.0557. The van der Waals surface area contributed by atoms with E-state index in [0.29, 0.717) is 0 Å². The van der Waals surface area contributed by atoms with E-state index < -0.39 is 5.97 Å². The molecule has 0 bridgehead atoms. The highest BCUT2D eigenvalue weighted by Crippen LogP contribution is 2.14. The highest BCUT2D eigenvalue weighted by Gasteiger charge is 2.10. The number of hydrogen-bond acceptors (Lipinski definition) is 5. The van der Waals surface area contributed by atoms with E-state index in [1.807, 2.05) is 0 Å². The number of aromatic carboxylic acids is 1. The van der Waals surface area contributed by atoms with Crippen LogP contribution in [-0.2, 0) is 0 Å². The highest BCUT2D eigenvalue weighted by molar-refractivity contribution is 7.18. The third kappa shape index (κ3) is 1.23. The average Bonchev–Trinajstić information content (AvgIpc) is 2.47. The van der Waals surface area contributed by atoms with E-state index in [4.69, 9.17) is 10.8 Å². The van der Waals surface area contributed by atoms with Gasteiger partial charge in [-0.15, -0.1) is 0 Å².